The molecule has 0 saturated carbocycles. The van der Waals surface area contributed by atoms with Gasteiger partial charge in [-0.05, 0) is 50.9 Å². The third-order valence-corrected chi connectivity index (χ3v) is 3.92. The van der Waals surface area contributed by atoms with Crippen molar-refractivity contribution in [3.63, 3.8) is 0 Å². The highest BCUT2D eigenvalue weighted by atomic mass is 15.2. The second-order valence-corrected chi connectivity index (χ2v) is 5.08. The minimum Gasteiger partial charge on any atom is -0.379 e. The molecular formula is C13H19N3. The van der Waals surface area contributed by atoms with E-state index in [0.29, 0.717) is 6.04 Å². The van der Waals surface area contributed by atoms with Gasteiger partial charge in [0.15, 0.2) is 0 Å². The monoisotopic (exact) mass is 217 g/mol. The first kappa shape index (κ1) is 10.1. The van der Waals surface area contributed by atoms with Gasteiger partial charge >= 0.3 is 0 Å². The van der Waals surface area contributed by atoms with Crippen molar-refractivity contribution in [2.75, 3.05) is 25.0 Å². The Hall–Kier alpha value is -1.09. The number of fused-ring (bicyclic) bond motifs is 3. The molecule has 4 heterocycles. The van der Waals surface area contributed by atoms with E-state index in [4.69, 9.17) is 0 Å². The number of anilines is 1. The summed E-state index contributed by atoms with van der Waals surface area (Å²) in [6.45, 7) is 5.83. The summed E-state index contributed by atoms with van der Waals surface area (Å²) < 4.78 is 0. The lowest BCUT2D eigenvalue weighted by atomic mass is 9.84. The molecule has 86 valence electrons. The molecule has 3 aliphatic rings. The topological polar surface area (TPSA) is 28.2 Å². The lowest BCUT2D eigenvalue weighted by Gasteiger charge is -2.45. The fraction of sp³-hybridized carbons (Fsp3) is 0.615. The largest absolute Gasteiger partial charge is 0.379 e. The summed E-state index contributed by atoms with van der Waals surface area (Å²) in [5.41, 5.74) is 2.25. The number of nitrogens with zero attached hydrogens (tertiary/aromatic N) is 2. The van der Waals surface area contributed by atoms with Crippen LogP contribution in [-0.4, -0.2) is 35.6 Å². The number of aromatic nitrogens is 1. The molecule has 0 spiro atoms. The summed E-state index contributed by atoms with van der Waals surface area (Å²) in [5.74, 6) is 0.867. The van der Waals surface area contributed by atoms with Gasteiger partial charge in [0.25, 0.3) is 0 Å². The molecule has 4 rings (SSSR count). The molecule has 0 aromatic carbocycles. The Balaban J connectivity index is 1.68. The number of hydrogen-bond donors (Lipinski definition) is 1. The molecule has 1 unspecified atom stereocenters. The summed E-state index contributed by atoms with van der Waals surface area (Å²) in [6, 6.07) is 4.84. The predicted molar refractivity (Wildman–Crippen MR) is 65.5 cm³/mol. The summed E-state index contributed by atoms with van der Waals surface area (Å²) in [5, 5.41) is 3.64. The van der Waals surface area contributed by atoms with Crippen LogP contribution in [0.5, 0.6) is 0 Å². The van der Waals surface area contributed by atoms with Crippen LogP contribution in [-0.2, 0) is 0 Å². The van der Waals surface area contributed by atoms with Crippen LogP contribution in [0.15, 0.2) is 18.3 Å². The van der Waals surface area contributed by atoms with Gasteiger partial charge in [-0.2, -0.15) is 0 Å². The second kappa shape index (κ2) is 4.06. The molecule has 1 atom stereocenters. The van der Waals surface area contributed by atoms with E-state index in [0.717, 1.165) is 11.6 Å². The number of rotatable bonds is 2. The normalized spacial score (nSPS) is 32.7. The Morgan fingerprint density at radius 3 is 2.69 bits per heavy atom. The van der Waals surface area contributed by atoms with E-state index in [1.165, 1.54) is 38.2 Å². The molecule has 2 bridgehead atoms. The average Bonchev–Trinajstić information content (AvgIpc) is 2.34. The first-order valence-corrected chi connectivity index (χ1v) is 6.23. The van der Waals surface area contributed by atoms with Crippen LogP contribution in [0.2, 0.25) is 0 Å². The minimum absolute atomic E-state index is 0.631. The molecule has 1 aromatic rings. The molecule has 3 fully saturated rings. The van der Waals surface area contributed by atoms with Crippen molar-refractivity contribution in [3.8, 4) is 0 Å². The SMILES string of the molecule is Cc1ccc(NC2CN3CCC2CC3)cn1. The van der Waals surface area contributed by atoms with Crippen molar-refractivity contribution in [1.82, 2.24) is 9.88 Å². The predicted octanol–water partition coefficient (Wildman–Crippen LogP) is 1.90. The minimum atomic E-state index is 0.631. The Kier molecular flexibility index (Phi) is 2.56. The Morgan fingerprint density at radius 1 is 1.31 bits per heavy atom. The van der Waals surface area contributed by atoms with E-state index in [-0.39, 0.29) is 0 Å². The third kappa shape index (κ3) is 1.92. The van der Waals surface area contributed by atoms with Gasteiger partial charge in [0.1, 0.15) is 0 Å². The lowest BCUT2D eigenvalue weighted by molar-refractivity contribution is 0.0975. The van der Waals surface area contributed by atoms with Crippen molar-refractivity contribution < 1.29 is 0 Å². The van der Waals surface area contributed by atoms with E-state index in [9.17, 15) is 0 Å². The van der Waals surface area contributed by atoms with Gasteiger partial charge in [-0.15, -0.1) is 0 Å². The van der Waals surface area contributed by atoms with Crippen molar-refractivity contribution in [3.05, 3.63) is 24.0 Å². The summed E-state index contributed by atoms with van der Waals surface area (Å²) in [4.78, 5) is 6.90. The highest BCUT2D eigenvalue weighted by Gasteiger charge is 2.33. The van der Waals surface area contributed by atoms with Crippen LogP contribution in [0.1, 0.15) is 18.5 Å². The van der Waals surface area contributed by atoms with Gasteiger partial charge in [-0.25, -0.2) is 0 Å². The molecule has 3 aliphatic heterocycles. The average molecular weight is 217 g/mol. The Labute approximate surface area is 96.9 Å². The van der Waals surface area contributed by atoms with E-state index in [1.54, 1.807) is 0 Å². The van der Waals surface area contributed by atoms with E-state index < -0.39 is 0 Å². The van der Waals surface area contributed by atoms with Crippen LogP contribution < -0.4 is 5.32 Å². The Bertz CT molecular complexity index is 352. The maximum atomic E-state index is 4.33. The molecule has 0 aliphatic carbocycles. The van der Waals surface area contributed by atoms with Gasteiger partial charge in [-0.3, -0.25) is 4.98 Å². The summed E-state index contributed by atoms with van der Waals surface area (Å²) >= 11 is 0. The maximum Gasteiger partial charge on any atom is 0.0529 e. The molecule has 3 saturated heterocycles. The number of hydrogen-bond acceptors (Lipinski definition) is 3. The highest BCUT2D eigenvalue weighted by Crippen LogP contribution is 2.29. The van der Waals surface area contributed by atoms with Crippen molar-refractivity contribution in [2.45, 2.75) is 25.8 Å². The molecule has 3 heteroatoms. The maximum absolute atomic E-state index is 4.33. The molecule has 1 N–H and O–H groups in total. The molecule has 16 heavy (non-hydrogen) atoms. The summed E-state index contributed by atoms with van der Waals surface area (Å²) in [7, 11) is 0. The lowest BCUT2D eigenvalue weighted by Crippen LogP contribution is -2.53. The van der Waals surface area contributed by atoms with Crippen molar-refractivity contribution in [1.29, 1.82) is 0 Å². The fourth-order valence-corrected chi connectivity index (χ4v) is 2.90. The van der Waals surface area contributed by atoms with E-state index in [2.05, 4.69) is 27.3 Å². The van der Waals surface area contributed by atoms with Gasteiger partial charge in [0, 0.05) is 18.3 Å². The number of piperidine rings is 3. The van der Waals surface area contributed by atoms with E-state index >= 15 is 0 Å². The zero-order valence-corrected chi connectivity index (χ0v) is 9.82. The number of aryl methyl sites for hydroxylation is 1. The van der Waals surface area contributed by atoms with Gasteiger partial charge in [0.05, 0.1) is 11.9 Å². The quantitative estimate of drug-likeness (QED) is 0.820. The van der Waals surface area contributed by atoms with E-state index in [1.807, 2.05) is 13.1 Å². The number of nitrogens with one attached hydrogen (secondary N) is 1. The van der Waals surface area contributed by atoms with Crippen molar-refractivity contribution >= 4 is 5.69 Å². The number of pyridine rings is 1. The molecule has 0 radical (unpaired) electrons. The smallest absolute Gasteiger partial charge is 0.0529 e. The fourth-order valence-electron chi connectivity index (χ4n) is 2.90. The zero-order chi connectivity index (χ0) is 11.0. The van der Waals surface area contributed by atoms with Crippen LogP contribution >= 0.6 is 0 Å². The molecule has 3 nitrogen and oxygen atoms in total. The molecule has 0 amide bonds. The van der Waals surface area contributed by atoms with Gasteiger partial charge in [0.2, 0.25) is 0 Å². The van der Waals surface area contributed by atoms with Crippen LogP contribution in [0.25, 0.3) is 0 Å². The van der Waals surface area contributed by atoms with Gasteiger partial charge < -0.3 is 10.2 Å². The third-order valence-electron chi connectivity index (χ3n) is 3.92. The van der Waals surface area contributed by atoms with Crippen molar-refractivity contribution in [2.24, 2.45) is 5.92 Å². The first-order valence-electron chi connectivity index (χ1n) is 6.23. The first-order chi connectivity index (χ1) is 7.81. The Morgan fingerprint density at radius 2 is 2.12 bits per heavy atom. The standard InChI is InChI=1S/C13H19N3/c1-10-2-3-12(8-14-10)15-13-9-16-6-4-11(13)5-7-16/h2-3,8,11,13,15H,4-7,9H2,1H3. The van der Waals surface area contributed by atoms with Crippen LogP contribution in [0, 0.1) is 12.8 Å². The molecule has 1 aromatic heterocycles. The summed E-state index contributed by atoms with van der Waals surface area (Å²) in [6.07, 6.45) is 4.67. The zero-order valence-electron chi connectivity index (χ0n) is 9.82. The van der Waals surface area contributed by atoms with Crippen LogP contribution in [0.3, 0.4) is 0 Å². The molecular weight excluding hydrogens is 198 g/mol. The highest BCUT2D eigenvalue weighted by molar-refractivity contribution is 5.42. The van der Waals surface area contributed by atoms with Crippen LogP contribution in [0.4, 0.5) is 5.69 Å². The van der Waals surface area contributed by atoms with Gasteiger partial charge in [-0.1, -0.05) is 0 Å². The second-order valence-electron chi connectivity index (χ2n) is 5.08.